The first-order valence-corrected chi connectivity index (χ1v) is 11.1. The van der Waals surface area contributed by atoms with Crippen LogP contribution >= 0.6 is 24.0 Å². The van der Waals surface area contributed by atoms with Gasteiger partial charge in [-0.3, -0.25) is 4.99 Å². The van der Waals surface area contributed by atoms with Crippen LogP contribution < -0.4 is 10.2 Å². The van der Waals surface area contributed by atoms with Gasteiger partial charge in [-0.1, -0.05) is 17.3 Å². The van der Waals surface area contributed by atoms with Crippen molar-refractivity contribution in [3.63, 3.8) is 0 Å². The molecule has 1 aromatic carbocycles. The van der Waals surface area contributed by atoms with Gasteiger partial charge < -0.3 is 19.6 Å². The molecule has 1 N–H and O–H groups in total. The van der Waals surface area contributed by atoms with E-state index in [1.54, 1.807) is 13.1 Å². The number of sulfonamides is 1. The van der Waals surface area contributed by atoms with Gasteiger partial charge in [0.15, 0.2) is 5.96 Å². The van der Waals surface area contributed by atoms with Crippen molar-refractivity contribution in [3.8, 4) is 0 Å². The number of nitrogens with zero attached hydrogens (tertiary/aromatic N) is 5. The zero-order valence-corrected chi connectivity index (χ0v) is 20.6. The highest BCUT2D eigenvalue weighted by molar-refractivity contribution is 14.0. The lowest BCUT2D eigenvalue weighted by Gasteiger charge is -2.35. The molecule has 1 aliphatic heterocycles. The second-order valence-corrected chi connectivity index (χ2v) is 9.06. The summed E-state index contributed by atoms with van der Waals surface area (Å²) < 4.78 is 31.4. The molecular weight excluding hydrogens is 519 g/mol. The summed E-state index contributed by atoms with van der Waals surface area (Å²) >= 11 is 0. The van der Waals surface area contributed by atoms with E-state index < -0.39 is 10.0 Å². The summed E-state index contributed by atoms with van der Waals surface area (Å²) in [6.07, 6.45) is 1.38. The summed E-state index contributed by atoms with van der Waals surface area (Å²) in [5.74, 6) is 0.634. The maximum atomic E-state index is 12.6. The molecule has 0 amide bonds. The minimum absolute atomic E-state index is 0. The summed E-state index contributed by atoms with van der Waals surface area (Å²) in [6, 6.07) is 9.91. The lowest BCUT2D eigenvalue weighted by molar-refractivity contribution is 0.259. The summed E-state index contributed by atoms with van der Waals surface area (Å²) in [5, 5.41) is 7.06. The molecule has 0 bridgehead atoms. The van der Waals surface area contributed by atoms with E-state index >= 15 is 0 Å². The third-order valence-electron chi connectivity index (χ3n) is 4.87. The number of hydrogen-bond donors (Lipinski definition) is 1. The van der Waals surface area contributed by atoms with Crippen molar-refractivity contribution in [2.24, 2.45) is 4.99 Å². The number of halogens is 1. The Morgan fingerprint density at radius 2 is 1.83 bits per heavy atom. The molecule has 1 aromatic heterocycles. The minimum atomic E-state index is -3.41. The Balaban J connectivity index is 0.00000320. The van der Waals surface area contributed by atoms with Crippen molar-refractivity contribution in [2.45, 2.75) is 12.3 Å². The molecule has 0 spiro atoms. The molecule has 1 aliphatic rings. The van der Waals surface area contributed by atoms with Crippen LogP contribution in [0, 0.1) is 0 Å². The Kier molecular flexibility index (Phi) is 8.92. The fraction of sp³-hybridized carbons (Fsp3) is 0.474. The molecule has 1 fully saturated rings. The molecule has 30 heavy (non-hydrogen) atoms. The molecule has 0 saturated carbocycles. The van der Waals surface area contributed by atoms with E-state index in [9.17, 15) is 8.42 Å². The first-order valence-electron chi connectivity index (χ1n) is 9.48. The Labute approximate surface area is 195 Å². The molecule has 2 aromatic rings. The van der Waals surface area contributed by atoms with Crippen LogP contribution in [0.25, 0.3) is 0 Å². The molecule has 2 heterocycles. The first-order chi connectivity index (χ1) is 13.9. The largest absolute Gasteiger partial charge is 0.378 e. The van der Waals surface area contributed by atoms with Gasteiger partial charge in [0.1, 0.15) is 12.0 Å². The van der Waals surface area contributed by atoms with E-state index in [0.717, 1.165) is 17.2 Å². The molecule has 11 heteroatoms. The van der Waals surface area contributed by atoms with E-state index in [1.165, 1.54) is 10.6 Å². The monoisotopic (exact) mass is 548 g/mol. The lowest BCUT2D eigenvalue weighted by atomic mass is 10.2. The summed E-state index contributed by atoms with van der Waals surface area (Å²) in [7, 11) is 2.36. The normalized spacial score (nSPS) is 15.6. The lowest BCUT2D eigenvalue weighted by Crippen LogP contribution is -2.53. The van der Waals surface area contributed by atoms with Crippen molar-refractivity contribution < 1.29 is 12.9 Å². The molecule has 9 nitrogen and oxygen atoms in total. The quantitative estimate of drug-likeness (QED) is 0.333. The predicted octanol–water partition coefficient (Wildman–Crippen LogP) is 1.58. The van der Waals surface area contributed by atoms with Crippen molar-refractivity contribution >= 4 is 45.6 Å². The number of anilines is 1. The standard InChI is InChI=1S/C19H28N6O3S.HI/c1-20-19(21-14-16-4-6-18(7-5-16)23(2)3)24-9-11-25(12-10-24)29(26,27)15-17-8-13-28-22-17;/h4-8,13H,9-12,14-15H2,1-3H3,(H,20,21);1H. The van der Waals surface area contributed by atoms with Crippen LogP contribution in [0.15, 0.2) is 46.1 Å². The third-order valence-corrected chi connectivity index (χ3v) is 6.68. The van der Waals surface area contributed by atoms with Crippen molar-refractivity contribution in [3.05, 3.63) is 47.9 Å². The topological polar surface area (TPSA) is 94.3 Å². The summed E-state index contributed by atoms with van der Waals surface area (Å²) in [5.41, 5.74) is 2.73. The van der Waals surface area contributed by atoms with Gasteiger partial charge in [-0.15, -0.1) is 24.0 Å². The van der Waals surface area contributed by atoms with E-state index in [-0.39, 0.29) is 29.7 Å². The fourth-order valence-electron chi connectivity index (χ4n) is 3.19. The molecule has 0 unspecified atom stereocenters. The molecule has 3 rings (SSSR count). The average molecular weight is 548 g/mol. The Hall–Kier alpha value is -1.86. The van der Waals surface area contributed by atoms with Gasteiger partial charge in [0.2, 0.25) is 10.0 Å². The number of aliphatic imine (C=N–C) groups is 1. The zero-order valence-electron chi connectivity index (χ0n) is 17.5. The van der Waals surface area contributed by atoms with Gasteiger partial charge in [-0.25, -0.2) is 8.42 Å². The second kappa shape index (κ2) is 11.0. The van der Waals surface area contributed by atoms with E-state index in [4.69, 9.17) is 4.52 Å². The third kappa shape index (κ3) is 6.32. The highest BCUT2D eigenvalue weighted by atomic mass is 127. The number of benzene rings is 1. The van der Waals surface area contributed by atoms with E-state index in [0.29, 0.717) is 38.4 Å². The highest BCUT2D eigenvalue weighted by Crippen LogP contribution is 2.14. The number of aromatic nitrogens is 1. The molecule has 0 atom stereocenters. The molecule has 166 valence electrons. The molecule has 0 aliphatic carbocycles. The first kappa shape index (κ1) is 24.4. The minimum Gasteiger partial charge on any atom is -0.378 e. The van der Waals surface area contributed by atoms with Crippen molar-refractivity contribution in [2.75, 3.05) is 52.2 Å². The number of nitrogens with one attached hydrogen (secondary N) is 1. The van der Waals surface area contributed by atoms with Gasteiger partial charge in [-0.2, -0.15) is 4.31 Å². The average Bonchev–Trinajstić information content (AvgIpc) is 3.21. The molecule has 1 saturated heterocycles. The highest BCUT2D eigenvalue weighted by Gasteiger charge is 2.28. The van der Waals surface area contributed by atoms with E-state index in [2.05, 4.69) is 49.5 Å². The van der Waals surface area contributed by atoms with Gasteiger partial charge in [0.05, 0.1) is 5.69 Å². The van der Waals surface area contributed by atoms with Gasteiger partial charge in [-0.05, 0) is 17.7 Å². The van der Waals surface area contributed by atoms with Gasteiger partial charge in [0, 0.05) is 65.6 Å². The van der Waals surface area contributed by atoms with Crippen molar-refractivity contribution in [1.82, 2.24) is 19.7 Å². The Morgan fingerprint density at radius 1 is 1.17 bits per heavy atom. The van der Waals surface area contributed by atoms with Gasteiger partial charge >= 0.3 is 0 Å². The van der Waals surface area contributed by atoms with Gasteiger partial charge in [0.25, 0.3) is 0 Å². The molecule has 0 radical (unpaired) electrons. The fourth-order valence-corrected chi connectivity index (χ4v) is 4.62. The second-order valence-electron chi connectivity index (χ2n) is 7.09. The smallest absolute Gasteiger partial charge is 0.220 e. The van der Waals surface area contributed by atoms with E-state index in [1.807, 2.05) is 14.1 Å². The van der Waals surface area contributed by atoms with Crippen LogP contribution in [-0.2, 0) is 22.3 Å². The number of guanidine groups is 1. The van der Waals surface area contributed by atoms with Crippen molar-refractivity contribution in [1.29, 1.82) is 0 Å². The Morgan fingerprint density at radius 3 is 2.37 bits per heavy atom. The number of hydrogen-bond acceptors (Lipinski definition) is 6. The number of piperazine rings is 1. The maximum Gasteiger partial charge on any atom is 0.220 e. The SMILES string of the molecule is CN=C(NCc1ccc(N(C)C)cc1)N1CCN(S(=O)(=O)Cc2ccon2)CC1.I. The van der Waals surface area contributed by atoms with Crippen LogP contribution in [0.3, 0.4) is 0 Å². The number of rotatable bonds is 6. The zero-order chi connectivity index (χ0) is 20.9. The summed E-state index contributed by atoms with van der Waals surface area (Å²) in [4.78, 5) is 8.49. The predicted molar refractivity (Wildman–Crippen MR) is 129 cm³/mol. The Bertz CT molecular complexity index is 908. The van der Waals surface area contributed by atoms with Crippen LogP contribution in [0.2, 0.25) is 0 Å². The van der Waals surface area contributed by atoms with Crippen LogP contribution in [0.1, 0.15) is 11.3 Å². The molecular formula is C19H29IN6O3S. The van der Waals surface area contributed by atoms with Crippen LogP contribution in [0.5, 0.6) is 0 Å². The van der Waals surface area contributed by atoms with Crippen LogP contribution in [0.4, 0.5) is 5.69 Å². The maximum absolute atomic E-state index is 12.6. The summed E-state index contributed by atoms with van der Waals surface area (Å²) in [6.45, 7) is 2.65. The van der Waals surface area contributed by atoms with Crippen LogP contribution in [-0.4, -0.2) is 76.1 Å².